The molecular formula is C28H42N2O2S. The summed E-state index contributed by atoms with van der Waals surface area (Å²) in [6.07, 6.45) is 28.2. The molecule has 0 bridgehead atoms. The van der Waals surface area contributed by atoms with Crippen molar-refractivity contribution < 1.29 is 9.84 Å². The zero-order valence-electron chi connectivity index (χ0n) is 20.4. The van der Waals surface area contributed by atoms with E-state index in [9.17, 15) is 5.11 Å². The maximum Gasteiger partial charge on any atom is 0.166 e. The topological polar surface area (TPSA) is 53.5 Å². The largest absolute Gasteiger partial charge is 0.504 e. The van der Waals surface area contributed by atoms with Gasteiger partial charge in [-0.15, -0.1) is 0 Å². The average molecular weight is 471 g/mol. The van der Waals surface area contributed by atoms with Crippen LogP contribution in [0.15, 0.2) is 66.8 Å². The molecule has 33 heavy (non-hydrogen) atoms. The molecule has 1 rings (SSSR count). The first-order chi connectivity index (χ1) is 16.2. The molecule has 0 aliphatic carbocycles. The Kier molecular flexibility index (Phi) is 17.4. The van der Waals surface area contributed by atoms with Gasteiger partial charge < -0.3 is 20.5 Å². The van der Waals surface area contributed by atoms with E-state index in [1.165, 1.54) is 32.8 Å². The van der Waals surface area contributed by atoms with Crippen molar-refractivity contribution in [2.75, 3.05) is 13.7 Å². The highest BCUT2D eigenvalue weighted by Gasteiger charge is 2.03. The van der Waals surface area contributed by atoms with E-state index >= 15 is 0 Å². The van der Waals surface area contributed by atoms with E-state index in [4.69, 9.17) is 17.0 Å². The number of nitrogens with one attached hydrogen (secondary N) is 2. The number of benzene rings is 1. The minimum atomic E-state index is 0.138. The molecule has 0 atom stereocenters. The standard InChI is InChI=1S/C28H42N2O2S/c1-3-4-5-6-7-8-9-10-11-12-13-14-15-16-17-18-19-22-29-28(33)30-24-25-20-21-26(31)27(23-25)32-2/h7-8,10-11,13-14,16-17,20-21,23,31H,3-6,9,12,15,18-19,22,24H2,1-2H3,(H2,29,30,33)/b8-7-,11-10-,14-13+,17-16-. The Morgan fingerprint density at radius 2 is 1.48 bits per heavy atom. The Morgan fingerprint density at radius 1 is 0.879 bits per heavy atom. The van der Waals surface area contributed by atoms with Crippen molar-refractivity contribution in [3.63, 3.8) is 0 Å². The molecule has 0 unspecified atom stereocenters. The number of methoxy groups -OCH3 is 1. The lowest BCUT2D eigenvalue weighted by molar-refractivity contribution is 0.373. The van der Waals surface area contributed by atoms with Gasteiger partial charge in [0.15, 0.2) is 16.6 Å². The number of allylic oxidation sites excluding steroid dienone is 8. The van der Waals surface area contributed by atoms with E-state index in [-0.39, 0.29) is 5.75 Å². The molecule has 1 aromatic carbocycles. The molecule has 0 amide bonds. The second-order valence-corrected chi connectivity index (χ2v) is 8.25. The number of rotatable bonds is 17. The van der Waals surface area contributed by atoms with Crippen LogP contribution in [0.1, 0.15) is 70.3 Å². The highest BCUT2D eigenvalue weighted by molar-refractivity contribution is 7.80. The minimum absolute atomic E-state index is 0.138. The van der Waals surface area contributed by atoms with Crippen LogP contribution in [-0.2, 0) is 6.54 Å². The molecule has 0 radical (unpaired) electrons. The van der Waals surface area contributed by atoms with Gasteiger partial charge in [-0.3, -0.25) is 0 Å². The van der Waals surface area contributed by atoms with Gasteiger partial charge in [-0.25, -0.2) is 0 Å². The third-order valence-corrected chi connectivity index (χ3v) is 5.28. The third kappa shape index (κ3) is 15.8. The zero-order valence-corrected chi connectivity index (χ0v) is 21.2. The number of phenolic OH excluding ortho intramolecular Hbond substituents is 1. The van der Waals surface area contributed by atoms with E-state index < -0.39 is 0 Å². The number of phenols is 1. The van der Waals surface area contributed by atoms with E-state index in [1.807, 2.05) is 6.07 Å². The fraction of sp³-hybridized carbons (Fsp3) is 0.464. The predicted molar refractivity (Wildman–Crippen MR) is 146 cm³/mol. The summed E-state index contributed by atoms with van der Waals surface area (Å²) in [5, 5.41) is 16.7. The first-order valence-electron chi connectivity index (χ1n) is 12.1. The Bertz CT molecular complexity index is 769. The summed E-state index contributed by atoms with van der Waals surface area (Å²) in [6.45, 7) is 3.66. The van der Waals surface area contributed by atoms with Crippen molar-refractivity contribution in [2.45, 2.75) is 71.3 Å². The van der Waals surface area contributed by atoms with Gasteiger partial charge in [-0.1, -0.05) is 74.4 Å². The fourth-order valence-corrected chi connectivity index (χ4v) is 3.23. The molecule has 0 heterocycles. The second kappa shape index (κ2) is 20.1. The number of thiocarbonyl (C=S) groups is 1. The predicted octanol–water partition coefficient (Wildman–Crippen LogP) is 7.12. The lowest BCUT2D eigenvalue weighted by Gasteiger charge is -2.11. The summed E-state index contributed by atoms with van der Waals surface area (Å²) < 4.78 is 5.12. The second-order valence-electron chi connectivity index (χ2n) is 7.85. The van der Waals surface area contributed by atoms with Crippen LogP contribution in [0.4, 0.5) is 0 Å². The summed E-state index contributed by atoms with van der Waals surface area (Å²) in [4.78, 5) is 0. The van der Waals surface area contributed by atoms with Crippen molar-refractivity contribution in [3.05, 3.63) is 72.4 Å². The van der Waals surface area contributed by atoms with E-state index in [1.54, 1.807) is 12.1 Å². The van der Waals surface area contributed by atoms with Gasteiger partial charge in [0.1, 0.15) is 0 Å². The van der Waals surface area contributed by atoms with Crippen molar-refractivity contribution in [1.82, 2.24) is 10.6 Å². The molecule has 0 spiro atoms. The molecule has 5 heteroatoms. The van der Waals surface area contributed by atoms with E-state index in [0.29, 0.717) is 17.4 Å². The lowest BCUT2D eigenvalue weighted by atomic mass is 10.2. The smallest absolute Gasteiger partial charge is 0.166 e. The molecule has 4 nitrogen and oxygen atoms in total. The summed E-state index contributed by atoms with van der Waals surface area (Å²) in [7, 11) is 1.54. The van der Waals surface area contributed by atoms with Gasteiger partial charge in [0.2, 0.25) is 0 Å². The highest BCUT2D eigenvalue weighted by atomic mass is 32.1. The molecule has 1 aromatic rings. The number of aromatic hydroxyl groups is 1. The summed E-state index contributed by atoms with van der Waals surface area (Å²) in [5.41, 5.74) is 0.995. The summed E-state index contributed by atoms with van der Waals surface area (Å²) in [5.74, 6) is 0.603. The maximum atomic E-state index is 9.64. The molecular weight excluding hydrogens is 428 g/mol. The molecule has 0 saturated carbocycles. The Balaban J connectivity index is 2.00. The Hall–Kier alpha value is -2.53. The molecule has 0 aromatic heterocycles. The molecule has 0 fully saturated rings. The number of ether oxygens (including phenoxy) is 1. The van der Waals surface area contributed by atoms with Crippen molar-refractivity contribution in [2.24, 2.45) is 0 Å². The molecule has 3 N–H and O–H groups in total. The zero-order chi connectivity index (χ0) is 24.0. The van der Waals surface area contributed by atoms with Crippen LogP contribution in [0.2, 0.25) is 0 Å². The van der Waals surface area contributed by atoms with Crippen molar-refractivity contribution in [3.8, 4) is 11.5 Å². The van der Waals surface area contributed by atoms with Gasteiger partial charge in [-0.2, -0.15) is 0 Å². The number of hydrogen-bond donors (Lipinski definition) is 3. The first-order valence-corrected chi connectivity index (χ1v) is 12.6. The van der Waals surface area contributed by atoms with Crippen LogP contribution in [0.5, 0.6) is 11.5 Å². The Morgan fingerprint density at radius 3 is 2.09 bits per heavy atom. The highest BCUT2D eigenvalue weighted by Crippen LogP contribution is 2.26. The van der Waals surface area contributed by atoms with Crippen LogP contribution in [0, 0.1) is 0 Å². The van der Waals surface area contributed by atoms with Gasteiger partial charge in [0, 0.05) is 13.1 Å². The van der Waals surface area contributed by atoms with Crippen LogP contribution in [0.3, 0.4) is 0 Å². The van der Waals surface area contributed by atoms with Crippen LogP contribution >= 0.6 is 12.2 Å². The maximum absolute atomic E-state index is 9.64. The molecule has 182 valence electrons. The fourth-order valence-electron chi connectivity index (χ4n) is 3.06. The SMILES string of the molecule is CCCCC/C=C\C/C=C\C/C=C/C/C=C\CCCNC(=S)NCc1ccc(O)c(OC)c1. The monoisotopic (exact) mass is 470 g/mol. The van der Waals surface area contributed by atoms with Gasteiger partial charge >= 0.3 is 0 Å². The number of unbranched alkanes of at least 4 members (excludes halogenated alkanes) is 4. The molecule has 0 saturated heterocycles. The van der Waals surface area contributed by atoms with E-state index in [0.717, 1.165) is 44.2 Å². The van der Waals surface area contributed by atoms with Crippen molar-refractivity contribution >= 4 is 17.3 Å². The van der Waals surface area contributed by atoms with Gasteiger partial charge in [0.05, 0.1) is 7.11 Å². The van der Waals surface area contributed by atoms with Crippen LogP contribution < -0.4 is 15.4 Å². The summed E-state index contributed by atoms with van der Waals surface area (Å²) >= 11 is 5.32. The Labute approximate surface area is 206 Å². The number of hydrogen-bond acceptors (Lipinski definition) is 3. The average Bonchev–Trinajstić information content (AvgIpc) is 2.82. The van der Waals surface area contributed by atoms with Gasteiger partial charge in [0.25, 0.3) is 0 Å². The van der Waals surface area contributed by atoms with E-state index in [2.05, 4.69) is 66.2 Å². The van der Waals surface area contributed by atoms with Gasteiger partial charge in [-0.05, 0) is 74.9 Å². The first kappa shape index (κ1) is 28.5. The summed E-state index contributed by atoms with van der Waals surface area (Å²) in [6, 6.07) is 5.27. The quantitative estimate of drug-likeness (QED) is 0.129. The lowest BCUT2D eigenvalue weighted by Crippen LogP contribution is -2.35. The van der Waals surface area contributed by atoms with Crippen LogP contribution in [0.25, 0.3) is 0 Å². The minimum Gasteiger partial charge on any atom is -0.504 e. The molecule has 0 aliphatic heterocycles. The van der Waals surface area contributed by atoms with Crippen molar-refractivity contribution in [1.29, 1.82) is 0 Å². The normalized spacial score (nSPS) is 11.8. The van der Waals surface area contributed by atoms with Crippen LogP contribution in [-0.4, -0.2) is 23.9 Å². The molecule has 0 aliphatic rings. The third-order valence-electron chi connectivity index (χ3n) is 4.99.